The molecule has 0 aliphatic heterocycles. The summed E-state index contributed by atoms with van der Waals surface area (Å²) in [6.07, 6.45) is 0. The van der Waals surface area contributed by atoms with Gasteiger partial charge in [-0.05, 0) is 31.5 Å². The van der Waals surface area contributed by atoms with E-state index in [1.54, 1.807) is 19.1 Å². The van der Waals surface area contributed by atoms with E-state index in [4.69, 9.17) is 9.47 Å². The Hall–Kier alpha value is -1.91. The average molecular weight is 308 g/mol. The summed E-state index contributed by atoms with van der Waals surface area (Å²) in [7, 11) is 3.24. The summed E-state index contributed by atoms with van der Waals surface area (Å²) >= 11 is 0. The van der Waals surface area contributed by atoms with E-state index >= 15 is 0 Å². The molecule has 0 heterocycles. The maximum atomic E-state index is 12.1. The molecule has 0 saturated carbocycles. The Balaban J connectivity index is 2.83. The second-order valence-electron chi connectivity index (χ2n) is 5.78. The van der Waals surface area contributed by atoms with E-state index < -0.39 is 0 Å². The average Bonchev–Trinajstić information content (AvgIpc) is 2.53. The van der Waals surface area contributed by atoms with Crippen molar-refractivity contribution < 1.29 is 14.3 Å². The number of nitrogens with zero attached hydrogens (tertiary/aromatic N) is 1. The third kappa shape index (κ3) is 4.29. The van der Waals surface area contributed by atoms with Crippen LogP contribution >= 0.6 is 0 Å². The van der Waals surface area contributed by atoms with E-state index in [1.807, 2.05) is 32.0 Å². The van der Waals surface area contributed by atoms with E-state index in [1.165, 1.54) is 0 Å². The zero-order valence-corrected chi connectivity index (χ0v) is 14.5. The fourth-order valence-electron chi connectivity index (χ4n) is 2.28. The molecule has 0 bridgehead atoms. The van der Waals surface area contributed by atoms with Gasteiger partial charge in [-0.2, -0.15) is 0 Å². The lowest BCUT2D eigenvalue weighted by molar-refractivity contribution is 0.201. The molecule has 0 saturated heterocycles. The van der Waals surface area contributed by atoms with Crippen LogP contribution in [-0.2, 0) is 5.41 Å². The van der Waals surface area contributed by atoms with Crippen LogP contribution in [0.5, 0.6) is 11.5 Å². The lowest BCUT2D eigenvalue weighted by atomic mass is 9.84. The standard InChI is InChI=1S/C17H28N2O3/c1-7-19(8-2)16(20)18-12-17(3,4)13-9-10-14(21-5)15(11-13)22-6/h9-11H,7-8,12H2,1-6H3,(H,18,20). The fraction of sp³-hybridized carbons (Fsp3) is 0.588. The second kappa shape index (κ2) is 7.92. The van der Waals surface area contributed by atoms with Crippen LogP contribution in [-0.4, -0.2) is 44.8 Å². The molecule has 1 aromatic carbocycles. The van der Waals surface area contributed by atoms with Gasteiger partial charge in [-0.25, -0.2) is 4.79 Å². The molecular weight excluding hydrogens is 280 g/mol. The third-order valence-electron chi connectivity index (χ3n) is 3.90. The molecule has 0 aliphatic rings. The Kier molecular flexibility index (Phi) is 6.53. The molecule has 1 rings (SSSR count). The maximum Gasteiger partial charge on any atom is 0.317 e. The topological polar surface area (TPSA) is 50.8 Å². The zero-order chi connectivity index (χ0) is 16.8. The Labute approximate surface area is 133 Å². The smallest absolute Gasteiger partial charge is 0.317 e. The van der Waals surface area contributed by atoms with Gasteiger partial charge in [0.25, 0.3) is 0 Å². The first-order chi connectivity index (χ1) is 10.4. The number of urea groups is 1. The van der Waals surface area contributed by atoms with Crippen molar-refractivity contribution in [2.24, 2.45) is 0 Å². The van der Waals surface area contributed by atoms with E-state index in [2.05, 4.69) is 19.2 Å². The van der Waals surface area contributed by atoms with Crippen LogP contribution in [0.25, 0.3) is 0 Å². The van der Waals surface area contributed by atoms with Crippen LogP contribution < -0.4 is 14.8 Å². The number of hydrogen-bond acceptors (Lipinski definition) is 3. The highest BCUT2D eigenvalue weighted by molar-refractivity contribution is 5.74. The predicted molar refractivity (Wildman–Crippen MR) is 88.9 cm³/mol. The molecule has 2 amide bonds. The van der Waals surface area contributed by atoms with Crippen molar-refractivity contribution in [3.05, 3.63) is 23.8 Å². The number of carbonyl (C=O) groups is 1. The summed E-state index contributed by atoms with van der Waals surface area (Å²) in [4.78, 5) is 13.8. The van der Waals surface area contributed by atoms with Gasteiger partial charge in [-0.3, -0.25) is 0 Å². The van der Waals surface area contributed by atoms with Gasteiger partial charge in [0.05, 0.1) is 14.2 Å². The highest BCUT2D eigenvalue weighted by Crippen LogP contribution is 2.32. The molecule has 1 aromatic rings. The summed E-state index contributed by atoms with van der Waals surface area (Å²) in [5.41, 5.74) is 0.882. The first-order valence-electron chi connectivity index (χ1n) is 7.64. The van der Waals surface area contributed by atoms with Gasteiger partial charge in [-0.1, -0.05) is 19.9 Å². The monoisotopic (exact) mass is 308 g/mol. The number of amides is 2. The van der Waals surface area contributed by atoms with Crippen molar-refractivity contribution in [2.75, 3.05) is 33.9 Å². The van der Waals surface area contributed by atoms with Gasteiger partial charge in [0, 0.05) is 25.0 Å². The summed E-state index contributed by atoms with van der Waals surface area (Å²) < 4.78 is 10.6. The molecule has 0 radical (unpaired) electrons. The highest BCUT2D eigenvalue weighted by Gasteiger charge is 2.24. The second-order valence-corrected chi connectivity index (χ2v) is 5.78. The molecule has 1 N–H and O–H groups in total. The first-order valence-corrected chi connectivity index (χ1v) is 7.64. The molecule has 22 heavy (non-hydrogen) atoms. The summed E-state index contributed by atoms with van der Waals surface area (Å²) in [5.74, 6) is 1.40. The highest BCUT2D eigenvalue weighted by atomic mass is 16.5. The van der Waals surface area contributed by atoms with E-state index in [0.29, 0.717) is 31.1 Å². The van der Waals surface area contributed by atoms with Crippen LogP contribution in [0.1, 0.15) is 33.3 Å². The van der Waals surface area contributed by atoms with Crippen molar-refractivity contribution in [3.63, 3.8) is 0 Å². The minimum Gasteiger partial charge on any atom is -0.493 e. The summed E-state index contributed by atoms with van der Waals surface area (Å²) in [5, 5.41) is 3.00. The maximum absolute atomic E-state index is 12.1. The Morgan fingerprint density at radius 1 is 1.14 bits per heavy atom. The summed E-state index contributed by atoms with van der Waals surface area (Å²) in [6, 6.07) is 5.83. The lowest BCUT2D eigenvalue weighted by Crippen LogP contribution is -2.44. The van der Waals surface area contributed by atoms with Gasteiger partial charge in [0.1, 0.15) is 0 Å². The zero-order valence-electron chi connectivity index (χ0n) is 14.5. The van der Waals surface area contributed by atoms with Gasteiger partial charge >= 0.3 is 6.03 Å². The van der Waals surface area contributed by atoms with Crippen molar-refractivity contribution >= 4 is 6.03 Å². The van der Waals surface area contributed by atoms with Crippen LogP contribution in [0.15, 0.2) is 18.2 Å². The number of ether oxygens (including phenoxy) is 2. The number of rotatable bonds is 7. The Morgan fingerprint density at radius 2 is 1.73 bits per heavy atom. The number of hydrogen-bond donors (Lipinski definition) is 1. The number of methoxy groups -OCH3 is 2. The molecule has 0 atom stereocenters. The normalized spacial score (nSPS) is 11.0. The van der Waals surface area contributed by atoms with Gasteiger partial charge < -0.3 is 19.7 Å². The molecule has 0 aliphatic carbocycles. The molecular formula is C17H28N2O3. The van der Waals surface area contributed by atoms with E-state index in [9.17, 15) is 4.79 Å². The summed E-state index contributed by atoms with van der Waals surface area (Å²) in [6.45, 7) is 10.1. The molecule has 0 aromatic heterocycles. The van der Waals surface area contributed by atoms with Crippen LogP contribution in [0.2, 0.25) is 0 Å². The molecule has 0 unspecified atom stereocenters. The Bertz CT molecular complexity index is 497. The largest absolute Gasteiger partial charge is 0.493 e. The quantitative estimate of drug-likeness (QED) is 0.842. The van der Waals surface area contributed by atoms with Crippen LogP contribution in [0, 0.1) is 0 Å². The fourth-order valence-corrected chi connectivity index (χ4v) is 2.28. The number of carbonyl (C=O) groups excluding carboxylic acids is 1. The van der Waals surface area contributed by atoms with Crippen LogP contribution in [0.3, 0.4) is 0 Å². The number of nitrogens with one attached hydrogen (secondary N) is 1. The lowest BCUT2D eigenvalue weighted by Gasteiger charge is -2.28. The predicted octanol–water partition coefficient (Wildman–Crippen LogP) is 3.03. The van der Waals surface area contributed by atoms with Crippen molar-refractivity contribution in [1.29, 1.82) is 0 Å². The molecule has 5 heteroatoms. The van der Waals surface area contributed by atoms with Crippen molar-refractivity contribution in [1.82, 2.24) is 10.2 Å². The van der Waals surface area contributed by atoms with Crippen molar-refractivity contribution in [3.8, 4) is 11.5 Å². The molecule has 0 spiro atoms. The van der Waals surface area contributed by atoms with E-state index in [-0.39, 0.29) is 11.4 Å². The van der Waals surface area contributed by atoms with Crippen molar-refractivity contribution in [2.45, 2.75) is 33.1 Å². The molecule has 0 fully saturated rings. The molecule has 5 nitrogen and oxygen atoms in total. The van der Waals surface area contributed by atoms with Gasteiger partial charge in [0.2, 0.25) is 0 Å². The minimum atomic E-state index is -0.206. The Morgan fingerprint density at radius 3 is 2.23 bits per heavy atom. The number of benzene rings is 1. The van der Waals surface area contributed by atoms with E-state index in [0.717, 1.165) is 5.56 Å². The van der Waals surface area contributed by atoms with Gasteiger partial charge in [0.15, 0.2) is 11.5 Å². The third-order valence-corrected chi connectivity index (χ3v) is 3.90. The van der Waals surface area contributed by atoms with Crippen LogP contribution in [0.4, 0.5) is 4.79 Å². The minimum absolute atomic E-state index is 0.0291. The van der Waals surface area contributed by atoms with Gasteiger partial charge in [-0.15, -0.1) is 0 Å². The SMILES string of the molecule is CCN(CC)C(=O)NCC(C)(C)c1ccc(OC)c(OC)c1. The first kappa shape index (κ1) is 18.1. The molecule has 124 valence electrons.